The molecule has 0 aromatic rings. The number of rotatable bonds is 48. The van der Waals surface area contributed by atoms with E-state index in [-0.39, 0.29) is 25.8 Å². The van der Waals surface area contributed by atoms with Gasteiger partial charge in [0.05, 0.1) is 34.4 Å². The van der Waals surface area contributed by atoms with Gasteiger partial charge in [-0.05, 0) is 64.2 Å². The second-order valence-electron chi connectivity index (χ2n) is 18.5. The molecule has 0 aliphatic carbocycles. The first-order valence-corrected chi connectivity index (χ1v) is 27.1. The molecule has 0 aromatic carbocycles. The van der Waals surface area contributed by atoms with Crippen molar-refractivity contribution in [2.24, 2.45) is 0 Å². The Labute approximate surface area is 373 Å². The number of nitrogens with zero attached hydrogens (tertiary/aromatic N) is 1. The van der Waals surface area contributed by atoms with Crippen molar-refractivity contribution >= 4 is 13.8 Å². The second kappa shape index (κ2) is 44.6. The fourth-order valence-electron chi connectivity index (χ4n) is 7.25. The number of likely N-dealkylation sites (N-methyl/N-ethyl adjacent to an activating group) is 1. The molecule has 9 heteroatoms. The standard InChI is InChI=1S/C51H100NO7P/c1-6-8-10-12-14-16-18-20-21-22-23-24-25-26-27-28-29-30-31-32-33-35-37-39-41-43-46-56-48-50(49-58-60(54,55)57-47-45-52(3,4)5)59-51(53)44-42-40-38-36-34-19-17-15-13-11-9-7-2/h15,17,22-23,50H,6-14,16,18-21,24-49H2,1-5H3/p+1/b17-15-,23-22-. The lowest BCUT2D eigenvalue weighted by atomic mass is 10.0. The monoisotopic (exact) mass is 871 g/mol. The third-order valence-electron chi connectivity index (χ3n) is 11.2. The number of phosphoric acid groups is 1. The van der Waals surface area contributed by atoms with Gasteiger partial charge in [-0.25, -0.2) is 4.57 Å². The molecule has 356 valence electrons. The van der Waals surface area contributed by atoms with Crippen molar-refractivity contribution in [3.63, 3.8) is 0 Å². The summed E-state index contributed by atoms with van der Waals surface area (Å²) in [6, 6.07) is 0. The normalized spacial score (nSPS) is 13.8. The molecule has 8 nitrogen and oxygen atoms in total. The Morgan fingerprint density at radius 2 is 0.867 bits per heavy atom. The Morgan fingerprint density at radius 1 is 0.500 bits per heavy atom. The molecule has 0 fully saturated rings. The zero-order valence-corrected chi connectivity index (χ0v) is 41.4. The van der Waals surface area contributed by atoms with E-state index in [0.29, 0.717) is 24.1 Å². The molecule has 0 spiro atoms. The highest BCUT2D eigenvalue weighted by molar-refractivity contribution is 7.47. The minimum absolute atomic E-state index is 0.0888. The Kier molecular flexibility index (Phi) is 43.8. The average Bonchev–Trinajstić information content (AvgIpc) is 3.20. The fraction of sp³-hybridized carbons (Fsp3) is 0.902. The number of phosphoric ester groups is 1. The Balaban J connectivity index is 4.00. The van der Waals surface area contributed by atoms with Crippen molar-refractivity contribution in [1.82, 2.24) is 0 Å². The summed E-state index contributed by atoms with van der Waals surface area (Å²) in [7, 11) is 1.67. The summed E-state index contributed by atoms with van der Waals surface area (Å²) in [5.74, 6) is -0.320. The van der Waals surface area contributed by atoms with E-state index in [4.69, 9.17) is 18.5 Å². The van der Waals surface area contributed by atoms with Crippen molar-refractivity contribution in [3.05, 3.63) is 24.3 Å². The van der Waals surface area contributed by atoms with E-state index in [0.717, 1.165) is 44.9 Å². The van der Waals surface area contributed by atoms with Crippen molar-refractivity contribution in [2.75, 3.05) is 54.1 Å². The molecule has 0 radical (unpaired) electrons. The van der Waals surface area contributed by atoms with Crippen molar-refractivity contribution < 1.29 is 37.3 Å². The molecule has 1 N–H and O–H groups in total. The summed E-state index contributed by atoms with van der Waals surface area (Å²) in [5, 5.41) is 0. The van der Waals surface area contributed by atoms with Gasteiger partial charge in [-0.1, -0.05) is 192 Å². The Morgan fingerprint density at radius 3 is 1.30 bits per heavy atom. The first kappa shape index (κ1) is 59.0. The third kappa shape index (κ3) is 48.0. The van der Waals surface area contributed by atoms with Crippen molar-refractivity contribution in [2.45, 2.75) is 245 Å². The van der Waals surface area contributed by atoms with Gasteiger partial charge in [-0.3, -0.25) is 13.8 Å². The van der Waals surface area contributed by atoms with E-state index < -0.39 is 13.9 Å². The van der Waals surface area contributed by atoms with Crippen LogP contribution in [0.4, 0.5) is 0 Å². The number of carbonyl (C=O) groups excluding carboxylic acids is 1. The van der Waals surface area contributed by atoms with Crippen molar-refractivity contribution in [1.29, 1.82) is 0 Å². The van der Waals surface area contributed by atoms with Gasteiger partial charge in [0, 0.05) is 13.0 Å². The maximum absolute atomic E-state index is 12.7. The highest BCUT2D eigenvalue weighted by Gasteiger charge is 2.26. The summed E-state index contributed by atoms with van der Waals surface area (Å²) in [5.41, 5.74) is 0. The van der Waals surface area contributed by atoms with Crippen LogP contribution in [0.15, 0.2) is 24.3 Å². The maximum Gasteiger partial charge on any atom is 0.472 e. The van der Waals surface area contributed by atoms with Gasteiger partial charge < -0.3 is 18.9 Å². The van der Waals surface area contributed by atoms with Crippen LogP contribution in [0, 0.1) is 0 Å². The van der Waals surface area contributed by atoms with Crippen LogP contribution in [0.3, 0.4) is 0 Å². The predicted octanol–water partition coefficient (Wildman–Crippen LogP) is 15.6. The Hall–Kier alpha value is -1.02. The lowest BCUT2D eigenvalue weighted by Crippen LogP contribution is -2.37. The van der Waals surface area contributed by atoms with E-state index >= 15 is 0 Å². The van der Waals surface area contributed by atoms with Gasteiger partial charge in [0.2, 0.25) is 0 Å². The van der Waals surface area contributed by atoms with E-state index in [1.807, 2.05) is 21.1 Å². The molecule has 0 saturated carbocycles. The number of quaternary nitrogens is 1. The minimum atomic E-state index is -4.28. The molecule has 0 aliphatic rings. The topological polar surface area (TPSA) is 91.3 Å². The van der Waals surface area contributed by atoms with E-state index in [2.05, 4.69) is 38.2 Å². The number of hydrogen-bond donors (Lipinski definition) is 1. The molecule has 60 heavy (non-hydrogen) atoms. The van der Waals surface area contributed by atoms with Gasteiger partial charge in [0.1, 0.15) is 19.3 Å². The largest absolute Gasteiger partial charge is 0.472 e. The lowest BCUT2D eigenvalue weighted by Gasteiger charge is -2.24. The summed E-state index contributed by atoms with van der Waals surface area (Å²) >= 11 is 0. The molecule has 2 unspecified atom stereocenters. The number of carbonyl (C=O) groups is 1. The lowest BCUT2D eigenvalue weighted by molar-refractivity contribution is -0.870. The number of unbranched alkanes of at least 4 members (excludes halogenated alkanes) is 30. The molecule has 2 atom stereocenters. The quantitative estimate of drug-likeness (QED) is 0.0214. The first-order valence-electron chi connectivity index (χ1n) is 25.6. The van der Waals surface area contributed by atoms with Gasteiger partial charge in [0.15, 0.2) is 0 Å². The van der Waals surface area contributed by atoms with Crippen LogP contribution < -0.4 is 0 Å². The zero-order valence-electron chi connectivity index (χ0n) is 40.5. The summed E-state index contributed by atoms with van der Waals surface area (Å²) in [6.07, 6.45) is 52.4. The zero-order chi connectivity index (χ0) is 44.1. The molecule has 0 aliphatic heterocycles. The summed E-state index contributed by atoms with van der Waals surface area (Å²) in [4.78, 5) is 22.9. The van der Waals surface area contributed by atoms with Crippen LogP contribution in [0.2, 0.25) is 0 Å². The third-order valence-corrected chi connectivity index (χ3v) is 12.2. The number of hydrogen-bond acceptors (Lipinski definition) is 6. The average molecular weight is 871 g/mol. The molecule has 0 heterocycles. The van der Waals surface area contributed by atoms with E-state index in [1.165, 1.54) is 173 Å². The highest BCUT2D eigenvalue weighted by Crippen LogP contribution is 2.43. The maximum atomic E-state index is 12.7. The van der Waals surface area contributed by atoms with Crippen LogP contribution in [0.5, 0.6) is 0 Å². The minimum Gasteiger partial charge on any atom is -0.457 e. The van der Waals surface area contributed by atoms with E-state index in [9.17, 15) is 14.3 Å². The molecule has 0 bridgehead atoms. The van der Waals surface area contributed by atoms with Crippen molar-refractivity contribution in [3.8, 4) is 0 Å². The number of ether oxygens (including phenoxy) is 2. The highest BCUT2D eigenvalue weighted by atomic mass is 31.2. The summed E-state index contributed by atoms with van der Waals surface area (Å²) in [6.45, 7) is 5.62. The fourth-order valence-corrected chi connectivity index (χ4v) is 7.99. The number of allylic oxidation sites excluding steroid dienone is 4. The van der Waals surface area contributed by atoms with E-state index in [1.54, 1.807) is 0 Å². The molecular weight excluding hydrogens is 770 g/mol. The summed E-state index contributed by atoms with van der Waals surface area (Å²) < 4.78 is 35.1. The van der Waals surface area contributed by atoms with Crippen LogP contribution in [-0.4, -0.2) is 75.6 Å². The molecule has 0 aromatic heterocycles. The van der Waals surface area contributed by atoms with Gasteiger partial charge in [0.25, 0.3) is 0 Å². The van der Waals surface area contributed by atoms with Crippen LogP contribution in [0.25, 0.3) is 0 Å². The molecule has 0 rings (SSSR count). The van der Waals surface area contributed by atoms with Gasteiger partial charge in [-0.2, -0.15) is 0 Å². The van der Waals surface area contributed by atoms with Gasteiger partial charge >= 0.3 is 13.8 Å². The SMILES string of the molecule is CCCCC/C=C\CCCCCCCC(=O)OC(COCCCCCCCCCCCCCCCC/C=C\CCCCCCCCCC)COP(=O)(O)OCC[N+](C)(C)C. The smallest absolute Gasteiger partial charge is 0.457 e. The predicted molar refractivity (Wildman–Crippen MR) is 257 cm³/mol. The molecule has 0 saturated heterocycles. The Bertz CT molecular complexity index is 1010. The van der Waals surface area contributed by atoms with Crippen LogP contribution >= 0.6 is 7.82 Å². The second-order valence-corrected chi connectivity index (χ2v) is 20.0. The van der Waals surface area contributed by atoms with Crippen LogP contribution in [-0.2, 0) is 27.9 Å². The molecule has 0 amide bonds. The van der Waals surface area contributed by atoms with Crippen LogP contribution in [0.1, 0.15) is 239 Å². The van der Waals surface area contributed by atoms with Gasteiger partial charge in [-0.15, -0.1) is 0 Å². The number of esters is 1. The first-order chi connectivity index (χ1) is 29.1. The molecular formula is C51H101NO7P+.